The number of benzene rings is 2. The van der Waals surface area contributed by atoms with Gasteiger partial charge in [0, 0.05) is 6.42 Å². The lowest BCUT2D eigenvalue weighted by Crippen LogP contribution is -2.15. The van der Waals surface area contributed by atoms with Gasteiger partial charge in [0.1, 0.15) is 17.1 Å². The first-order valence-electron chi connectivity index (χ1n) is 7.47. The standard InChI is InChI=1S/C17H19NO6S/c1-22-16-9-8-14(25(18,20)21)12-15(16)17(19)24-11-5-10-23-13-6-3-2-4-7-13/h2-4,6-9,12H,5,10-11H2,1H3,(H2,18,20,21). The maximum Gasteiger partial charge on any atom is 0.341 e. The van der Waals surface area contributed by atoms with Crippen LogP contribution in [0.5, 0.6) is 11.5 Å². The summed E-state index contributed by atoms with van der Waals surface area (Å²) < 4.78 is 38.5. The molecule has 0 bridgehead atoms. The number of ether oxygens (including phenoxy) is 3. The van der Waals surface area contributed by atoms with Crippen LogP contribution in [-0.2, 0) is 14.8 Å². The van der Waals surface area contributed by atoms with Crippen LogP contribution in [0.1, 0.15) is 16.8 Å². The lowest BCUT2D eigenvalue weighted by atomic mass is 10.2. The van der Waals surface area contributed by atoms with Crippen molar-refractivity contribution in [3.05, 3.63) is 54.1 Å². The Morgan fingerprint density at radius 1 is 1.08 bits per heavy atom. The van der Waals surface area contributed by atoms with Gasteiger partial charge in [0.05, 0.1) is 25.2 Å². The van der Waals surface area contributed by atoms with Crippen molar-refractivity contribution in [1.29, 1.82) is 0 Å². The van der Waals surface area contributed by atoms with Crippen molar-refractivity contribution in [3.63, 3.8) is 0 Å². The monoisotopic (exact) mass is 365 g/mol. The fourth-order valence-electron chi connectivity index (χ4n) is 2.03. The van der Waals surface area contributed by atoms with E-state index in [1.165, 1.54) is 19.2 Å². The molecule has 0 aliphatic carbocycles. The largest absolute Gasteiger partial charge is 0.496 e. The van der Waals surface area contributed by atoms with Gasteiger partial charge in [-0.25, -0.2) is 18.4 Å². The van der Waals surface area contributed by atoms with Gasteiger partial charge in [0.15, 0.2) is 0 Å². The number of esters is 1. The summed E-state index contributed by atoms with van der Waals surface area (Å²) in [6.07, 6.45) is 0.484. The molecule has 0 heterocycles. The Bertz CT molecular complexity index is 820. The Morgan fingerprint density at radius 2 is 1.80 bits per heavy atom. The highest BCUT2D eigenvalue weighted by atomic mass is 32.2. The molecule has 134 valence electrons. The van der Waals surface area contributed by atoms with Gasteiger partial charge in [-0.3, -0.25) is 0 Å². The normalized spacial score (nSPS) is 11.0. The number of hydrogen-bond donors (Lipinski definition) is 1. The third-order valence-corrected chi connectivity index (χ3v) is 4.16. The molecule has 0 aromatic heterocycles. The van der Waals surface area contributed by atoms with Crippen LogP contribution in [0.3, 0.4) is 0 Å². The van der Waals surface area contributed by atoms with E-state index < -0.39 is 16.0 Å². The minimum Gasteiger partial charge on any atom is -0.496 e. The van der Waals surface area contributed by atoms with Crippen LogP contribution in [-0.4, -0.2) is 34.7 Å². The minimum atomic E-state index is -3.93. The van der Waals surface area contributed by atoms with Crippen molar-refractivity contribution in [1.82, 2.24) is 0 Å². The summed E-state index contributed by atoms with van der Waals surface area (Å²) in [5, 5.41) is 5.08. The molecule has 0 unspecified atom stereocenters. The fourth-order valence-corrected chi connectivity index (χ4v) is 2.57. The highest BCUT2D eigenvalue weighted by Gasteiger charge is 2.18. The van der Waals surface area contributed by atoms with E-state index >= 15 is 0 Å². The zero-order valence-corrected chi connectivity index (χ0v) is 14.5. The summed E-state index contributed by atoms with van der Waals surface area (Å²) in [4.78, 5) is 12.0. The molecule has 0 aliphatic rings. The second kappa shape index (κ2) is 8.50. The zero-order valence-electron chi connectivity index (χ0n) is 13.7. The fraction of sp³-hybridized carbons (Fsp3) is 0.235. The topological polar surface area (TPSA) is 105 Å². The van der Waals surface area contributed by atoms with E-state index in [-0.39, 0.29) is 22.8 Å². The van der Waals surface area contributed by atoms with Gasteiger partial charge in [-0.15, -0.1) is 0 Å². The summed E-state index contributed by atoms with van der Waals surface area (Å²) in [6.45, 7) is 0.500. The SMILES string of the molecule is COc1ccc(S(N)(=O)=O)cc1C(=O)OCCCOc1ccccc1. The van der Waals surface area contributed by atoms with Gasteiger partial charge in [-0.1, -0.05) is 18.2 Å². The molecule has 25 heavy (non-hydrogen) atoms. The van der Waals surface area contributed by atoms with Gasteiger partial charge in [0.25, 0.3) is 0 Å². The third-order valence-electron chi connectivity index (χ3n) is 3.25. The number of methoxy groups -OCH3 is 1. The molecular formula is C17H19NO6S. The van der Waals surface area contributed by atoms with Crippen LogP contribution in [0, 0.1) is 0 Å². The first-order valence-corrected chi connectivity index (χ1v) is 9.02. The average molecular weight is 365 g/mol. The Kier molecular flexibility index (Phi) is 6.37. The zero-order chi connectivity index (χ0) is 18.3. The Balaban J connectivity index is 1.91. The molecule has 0 saturated heterocycles. The summed E-state index contributed by atoms with van der Waals surface area (Å²) in [7, 11) is -2.56. The quantitative estimate of drug-likeness (QED) is 0.566. The summed E-state index contributed by atoms with van der Waals surface area (Å²) in [5.74, 6) is 0.247. The van der Waals surface area contributed by atoms with Gasteiger partial charge in [-0.2, -0.15) is 0 Å². The predicted octanol–water partition coefficient (Wildman–Crippen LogP) is 1.97. The summed E-state index contributed by atoms with van der Waals surface area (Å²) in [6, 6.07) is 13.0. The average Bonchev–Trinajstić information content (AvgIpc) is 2.60. The maximum absolute atomic E-state index is 12.2. The highest BCUT2D eigenvalue weighted by Crippen LogP contribution is 2.22. The summed E-state index contributed by atoms with van der Waals surface area (Å²) in [5.41, 5.74) is -0.00185. The van der Waals surface area contributed by atoms with E-state index in [1.807, 2.05) is 30.3 Å². The van der Waals surface area contributed by atoms with Gasteiger partial charge >= 0.3 is 5.97 Å². The number of nitrogens with two attached hydrogens (primary N) is 1. The molecule has 0 radical (unpaired) electrons. The number of hydrogen-bond acceptors (Lipinski definition) is 6. The number of rotatable bonds is 8. The molecule has 8 heteroatoms. The van der Waals surface area contributed by atoms with Crippen LogP contribution in [0.25, 0.3) is 0 Å². The minimum absolute atomic E-state index is 0.00185. The molecule has 7 nitrogen and oxygen atoms in total. The van der Waals surface area contributed by atoms with Crippen molar-refractivity contribution >= 4 is 16.0 Å². The van der Waals surface area contributed by atoms with Crippen molar-refractivity contribution in [3.8, 4) is 11.5 Å². The second-order valence-corrected chi connectivity index (χ2v) is 6.62. The third kappa shape index (κ3) is 5.47. The molecule has 0 saturated carbocycles. The van der Waals surface area contributed by atoms with Crippen LogP contribution < -0.4 is 14.6 Å². The van der Waals surface area contributed by atoms with E-state index in [9.17, 15) is 13.2 Å². The lowest BCUT2D eigenvalue weighted by Gasteiger charge is -2.10. The van der Waals surface area contributed by atoms with Crippen molar-refractivity contribution in [2.24, 2.45) is 5.14 Å². The first-order chi connectivity index (χ1) is 11.9. The molecule has 0 amide bonds. The molecule has 0 atom stereocenters. The molecule has 2 aromatic carbocycles. The van der Waals surface area contributed by atoms with Crippen LogP contribution in [0.4, 0.5) is 0 Å². The van der Waals surface area contributed by atoms with Crippen LogP contribution in [0.15, 0.2) is 53.4 Å². The van der Waals surface area contributed by atoms with E-state index in [0.717, 1.165) is 11.8 Å². The number of carbonyl (C=O) groups is 1. The number of para-hydroxylation sites is 1. The van der Waals surface area contributed by atoms with Crippen LogP contribution in [0.2, 0.25) is 0 Å². The molecule has 0 fully saturated rings. The number of primary sulfonamides is 1. The molecule has 0 aliphatic heterocycles. The maximum atomic E-state index is 12.2. The second-order valence-electron chi connectivity index (χ2n) is 5.06. The molecular weight excluding hydrogens is 346 g/mol. The van der Waals surface area contributed by atoms with E-state index in [0.29, 0.717) is 13.0 Å². The predicted molar refractivity (Wildman–Crippen MR) is 91.2 cm³/mol. The molecule has 0 spiro atoms. The number of carbonyl (C=O) groups excluding carboxylic acids is 1. The summed E-state index contributed by atoms with van der Waals surface area (Å²) >= 11 is 0. The van der Waals surface area contributed by atoms with Gasteiger partial charge in [-0.05, 0) is 30.3 Å². The molecule has 2 rings (SSSR count). The lowest BCUT2D eigenvalue weighted by molar-refractivity contribution is 0.0482. The van der Waals surface area contributed by atoms with Crippen molar-refractivity contribution < 1.29 is 27.4 Å². The smallest absolute Gasteiger partial charge is 0.341 e. The molecule has 2 aromatic rings. The van der Waals surface area contributed by atoms with E-state index in [4.69, 9.17) is 19.3 Å². The van der Waals surface area contributed by atoms with Gasteiger partial charge in [0.2, 0.25) is 10.0 Å². The van der Waals surface area contributed by atoms with E-state index in [2.05, 4.69) is 0 Å². The molecule has 2 N–H and O–H groups in total. The van der Waals surface area contributed by atoms with Gasteiger partial charge < -0.3 is 14.2 Å². The Hall–Kier alpha value is -2.58. The van der Waals surface area contributed by atoms with Crippen LogP contribution >= 0.6 is 0 Å². The van der Waals surface area contributed by atoms with Crippen molar-refractivity contribution in [2.75, 3.05) is 20.3 Å². The number of sulfonamides is 1. The van der Waals surface area contributed by atoms with E-state index in [1.54, 1.807) is 0 Å². The van der Waals surface area contributed by atoms with Crippen molar-refractivity contribution in [2.45, 2.75) is 11.3 Å². The Labute approximate surface area is 146 Å². The first kappa shape index (κ1) is 18.8. The Morgan fingerprint density at radius 3 is 2.44 bits per heavy atom. The highest BCUT2D eigenvalue weighted by molar-refractivity contribution is 7.89.